The minimum Gasteiger partial charge on any atom is -0.481 e. The third kappa shape index (κ3) is 8.99. The number of aryl methyl sites for hydroxylation is 3. The first-order valence-electron chi connectivity index (χ1n) is 18.7. The van der Waals surface area contributed by atoms with Crippen LogP contribution >= 0.6 is 11.3 Å². The summed E-state index contributed by atoms with van der Waals surface area (Å²) >= 11 is 1.49. The Morgan fingerprint density at radius 1 is 0.833 bits per heavy atom. The van der Waals surface area contributed by atoms with Crippen molar-refractivity contribution in [3.63, 3.8) is 0 Å². The van der Waals surface area contributed by atoms with Crippen molar-refractivity contribution in [2.24, 2.45) is 5.92 Å². The topological polar surface area (TPSA) is 158 Å². The summed E-state index contributed by atoms with van der Waals surface area (Å²) in [4.78, 5) is 52.2. The van der Waals surface area contributed by atoms with E-state index in [1.165, 1.54) is 27.8 Å². The number of carboxylic acid groups (broad SMARTS) is 2. The van der Waals surface area contributed by atoms with Crippen LogP contribution in [-0.4, -0.2) is 59.2 Å². The molecule has 2 aliphatic carbocycles. The number of hydrogen-bond donors (Lipinski definition) is 3. The van der Waals surface area contributed by atoms with Crippen LogP contribution in [-0.2, 0) is 46.9 Å². The van der Waals surface area contributed by atoms with Crippen LogP contribution in [0.3, 0.4) is 0 Å². The number of benzene rings is 3. The zero-order valence-corrected chi connectivity index (χ0v) is 32.0. The fraction of sp³-hybridized carbons (Fsp3) is 0.381. The van der Waals surface area contributed by atoms with E-state index in [1.807, 2.05) is 43.3 Å². The molecule has 54 heavy (non-hydrogen) atoms. The molecule has 0 radical (unpaired) electrons. The Bertz CT molecular complexity index is 2120. The van der Waals surface area contributed by atoms with Crippen molar-refractivity contribution < 1.29 is 37.8 Å². The average molecular weight is 771 g/mol. The number of nitrogens with one attached hydrogen (secondary N) is 1. The number of thiophene rings is 1. The summed E-state index contributed by atoms with van der Waals surface area (Å²) in [6, 6.07) is 20.3. The lowest BCUT2D eigenvalue weighted by Crippen LogP contribution is -2.43. The lowest BCUT2D eigenvalue weighted by atomic mass is 9.86. The molecular formula is C42H46N2O8S2. The molecule has 1 amide bonds. The molecule has 1 fully saturated rings. The molecule has 1 saturated carbocycles. The third-order valence-corrected chi connectivity index (χ3v) is 13.8. The first-order chi connectivity index (χ1) is 25.9. The minimum atomic E-state index is -3.96. The second-order valence-corrected chi connectivity index (χ2v) is 17.3. The van der Waals surface area contributed by atoms with Gasteiger partial charge in [-0.05, 0) is 124 Å². The zero-order valence-electron chi connectivity index (χ0n) is 30.4. The highest BCUT2D eigenvalue weighted by molar-refractivity contribution is 7.89. The molecule has 0 bridgehead atoms. The first kappa shape index (κ1) is 39.1. The molecule has 3 N–H and O–H groups in total. The normalized spacial score (nSPS) is 17.1. The smallest absolute Gasteiger partial charge is 0.335 e. The number of fused-ring (bicyclic) bond motifs is 1. The summed E-state index contributed by atoms with van der Waals surface area (Å²) in [7, 11) is -3.96. The number of aromatic carboxylic acids is 1. The van der Waals surface area contributed by atoms with Gasteiger partial charge in [0.1, 0.15) is 0 Å². The second-order valence-electron chi connectivity index (χ2n) is 14.2. The van der Waals surface area contributed by atoms with Crippen molar-refractivity contribution >= 4 is 50.7 Å². The maximum absolute atomic E-state index is 14.0. The number of ketones is 1. The molecule has 0 atom stereocenters. The molecule has 3 aromatic carbocycles. The fourth-order valence-electron chi connectivity index (χ4n) is 7.61. The Morgan fingerprint density at radius 2 is 1.48 bits per heavy atom. The number of nitrogens with zero attached hydrogens (tertiary/aromatic N) is 1. The van der Waals surface area contributed by atoms with Gasteiger partial charge in [0, 0.05) is 40.0 Å². The number of anilines is 1. The Hall–Kier alpha value is -4.65. The van der Waals surface area contributed by atoms with Gasteiger partial charge in [0.2, 0.25) is 10.0 Å². The van der Waals surface area contributed by atoms with Crippen LogP contribution in [0.5, 0.6) is 0 Å². The highest BCUT2D eigenvalue weighted by atomic mass is 32.2. The Balaban J connectivity index is 1.16. The number of amides is 1. The standard InChI is InChI=1S/C42H46N2O8S2/c1-2-24-44(33-22-18-30(19-23-33)42(49)50)54(51,52)34-7-5-6-31(25-34)36(45)26-38-39(35-8-3-4-9-37(35)53-38)40(46)43-32-20-14-28(15-21-32)11-10-27-12-16-29(17-13-27)41(47)48/h5-7,12-17,20-21,25,30,33H,2-4,8-11,18-19,22-24,26H2,1H3,(H,43,46)(H,47,48)(H,49,50). The van der Waals surface area contributed by atoms with E-state index in [0.29, 0.717) is 54.8 Å². The predicted octanol–water partition coefficient (Wildman–Crippen LogP) is 7.83. The molecule has 284 valence electrons. The summed E-state index contributed by atoms with van der Waals surface area (Å²) < 4.78 is 29.5. The molecule has 4 aromatic rings. The highest BCUT2D eigenvalue weighted by Gasteiger charge is 2.36. The van der Waals surface area contributed by atoms with Crippen LogP contribution in [0.25, 0.3) is 0 Å². The summed E-state index contributed by atoms with van der Waals surface area (Å²) in [5.74, 6) is -2.80. The lowest BCUT2D eigenvalue weighted by Gasteiger charge is -2.35. The maximum Gasteiger partial charge on any atom is 0.335 e. The number of rotatable bonds is 15. The van der Waals surface area contributed by atoms with E-state index in [4.69, 9.17) is 5.11 Å². The van der Waals surface area contributed by atoms with E-state index in [2.05, 4.69) is 5.32 Å². The molecule has 1 heterocycles. The van der Waals surface area contributed by atoms with Gasteiger partial charge >= 0.3 is 11.9 Å². The van der Waals surface area contributed by atoms with Crippen LogP contribution < -0.4 is 5.32 Å². The predicted molar refractivity (Wildman–Crippen MR) is 208 cm³/mol. The molecule has 0 unspecified atom stereocenters. The molecule has 0 saturated heterocycles. The van der Waals surface area contributed by atoms with Crippen molar-refractivity contribution in [2.45, 2.75) is 94.9 Å². The van der Waals surface area contributed by atoms with Gasteiger partial charge in [-0.2, -0.15) is 4.31 Å². The number of hydrogen-bond acceptors (Lipinski definition) is 7. The van der Waals surface area contributed by atoms with Crippen LogP contribution in [0.2, 0.25) is 0 Å². The monoisotopic (exact) mass is 770 g/mol. The van der Waals surface area contributed by atoms with Crippen LogP contribution in [0.4, 0.5) is 5.69 Å². The molecule has 6 rings (SSSR count). The molecule has 10 nitrogen and oxygen atoms in total. The third-order valence-electron chi connectivity index (χ3n) is 10.6. The van der Waals surface area contributed by atoms with Gasteiger partial charge in [-0.3, -0.25) is 14.4 Å². The highest BCUT2D eigenvalue weighted by Crippen LogP contribution is 2.36. The van der Waals surface area contributed by atoms with Gasteiger partial charge in [0.15, 0.2) is 5.78 Å². The van der Waals surface area contributed by atoms with Gasteiger partial charge in [-0.25, -0.2) is 13.2 Å². The number of aliphatic carboxylic acids is 1. The molecule has 0 spiro atoms. The van der Waals surface area contributed by atoms with E-state index in [-0.39, 0.29) is 40.2 Å². The average Bonchev–Trinajstić information content (AvgIpc) is 3.54. The molecule has 2 aliphatic rings. The van der Waals surface area contributed by atoms with E-state index >= 15 is 0 Å². The summed E-state index contributed by atoms with van der Waals surface area (Å²) in [6.07, 6.45) is 7.42. The number of carboxylic acids is 2. The number of carbonyl (C=O) groups is 4. The van der Waals surface area contributed by atoms with E-state index in [1.54, 1.807) is 24.3 Å². The van der Waals surface area contributed by atoms with Crippen molar-refractivity contribution in [1.82, 2.24) is 4.31 Å². The molecule has 12 heteroatoms. The van der Waals surface area contributed by atoms with Gasteiger partial charge in [-0.1, -0.05) is 43.3 Å². The molecule has 1 aromatic heterocycles. The van der Waals surface area contributed by atoms with Gasteiger partial charge in [0.25, 0.3) is 5.91 Å². The van der Waals surface area contributed by atoms with Crippen molar-refractivity contribution in [3.8, 4) is 0 Å². The van der Waals surface area contributed by atoms with E-state index < -0.39 is 27.9 Å². The van der Waals surface area contributed by atoms with E-state index in [9.17, 15) is 32.7 Å². The quantitative estimate of drug-likeness (QED) is 0.103. The van der Waals surface area contributed by atoms with Gasteiger partial charge in [-0.15, -0.1) is 11.3 Å². The van der Waals surface area contributed by atoms with Crippen molar-refractivity contribution in [3.05, 3.63) is 116 Å². The van der Waals surface area contributed by atoms with Crippen molar-refractivity contribution in [1.29, 1.82) is 0 Å². The van der Waals surface area contributed by atoms with Gasteiger partial charge < -0.3 is 15.5 Å². The van der Waals surface area contributed by atoms with Crippen molar-refractivity contribution in [2.75, 3.05) is 11.9 Å². The summed E-state index contributed by atoms with van der Waals surface area (Å²) in [5, 5.41) is 21.6. The van der Waals surface area contributed by atoms with Gasteiger partial charge in [0.05, 0.1) is 21.9 Å². The van der Waals surface area contributed by atoms with Crippen LogP contribution in [0.15, 0.2) is 77.7 Å². The van der Waals surface area contributed by atoms with E-state index in [0.717, 1.165) is 60.1 Å². The molecular weight excluding hydrogens is 725 g/mol. The Morgan fingerprint density at radius 3 is 2.11 bits per heavy atom. The Kier molecular flexibility index (Phi) is 12.5. The minimum absolute atomic E-state index is 0.0325. The largest absolute Gasteiger partial charge is 0.481 e. The first-order valence-corrected chi connectivity index (χ1v) is 20.9. The SMILES string of the molecule is CCCN(C1CCC(C(=O)O)CC1)S(=O)(=O)c1cccc(C(=O)Cc2sc3c(c2C(=O)Nc2ccc(CCc4ccc(C(=O)O)cc4)cc2)CCCC3)c1. The summed E-state index contributed by atoms with van der Waals surface area (Å²) in [6.45, 7) is 2.21. The number of carbonyl (C=O) groups excluding carboxylic acids is 2. The number of sulfonamides is 1. The molecule has 0 aliphatic heterocycles. The fourth-order valence-corrected chi connectivity index (χ4v) is 10.8. The maximum atomic E-state index is 14.0. The lowest BCUT2D eigenvalue weighted by molar-refractivity contribution is -0.143. The zero-order chi connectivity index (χ0) is 38.4. The number of Topliss-reactive ketones (excluding diaryl/α,β-unsaturated/α-hetero) is 1. The van der Waals surface area contributed by atoms with Crippen LogP contribution in [0, 0.1) is 5.92 Å². The second kappa shape index (κ2) is 17.2. The van der Waals surface area contributed by atoms with Crippen LogP contribution in [0.1, 0.15) is 109 Å². The Labute approximate surface area is 320 Å². The summed E-state index contributed by atoms with van der Waals surface area (Å²) in [5.41, 5.74) is 4.77.